The van der Waals surface area contributed by atoms with Crippen LogP contribution >= 0.6 is 0 Å². The van der Waals surface area contributed by atoms with E-state index in [1.165, 1.54) is 6.20 Å². The van der Waals surface area contributed by atoms with E-state index in [0.717, 1.165) is 11.3 Å². The minimum Gasteiger partial charge on any atom is -0.497 e. The van der Waals surface area contributed by atoms with E-state index in [2.05, 4.69) is 9.97 Å². The molecule has 0 spiro atoms. The predicted molar refractivity (Wildman–Crippen MR) is 83.2 cm³/mol. The lowest BCUT2D eigenvalue weighted by Crippen LogP contribution is -1.95. The molecule has 0 aliphatic rings. The summed E-state index contributed by atoms with van der Waals surface area (Å²) in [5.74, 6) is 1.86. The highest BCUT2D eigenvalue weighted by molar-refractivity contribution is 6.08. The zero-order valence-corrected chi connectivity index (χ0v) is 12.0. The van der Waals surface area contributed by atoms with Gasteiger partial charge < -0.3 is 20.9 Å². The molecule has 2 aromatic rings. The van der Waals surface area contributed by atoms with Crippen molar-refractivity contribution in [2.24, 2.45) is 0 Å². The van der Waals surface area contributed by atoms with E-state index in [4.69, 9.17) is 15.9 Å². The van der Waals surface area contributed by atoms with Crippen molar-refractivity contribution in [2.45, 2.75) is 13.8 Å². The molecule has 0 unspecified atom stereocenters. The summed E-state index contributed by atoms with van der Waals surface area (Å²) >= 11 is 0. The lowest BCUT2D eigenvalue weighted by atomic mass is 10.1. The van der Waals surface area contributed by atoms with Gasteiger partial charge in [-0.2, -0.15) is 0 Å². The van der Waals surface area contributed by atoms with Crippen molar-refractivity contribution in [3.8, 4) is 5.75 Å². The van der Waals surface area contributed by atoms with E-state index in [9.17, 15) is 0 Å². The van der Waals surface area contributed by atoms with E-state index in [-0.39, 0.29) is 0 Å². The molecule has 5 nitrogen and oxygen atoms in total. The number of nitrogens with zero attached hydrogens (tertiary/aromatic N) is 1. The number of rotatable bonds is 4. The summed E-state index contributed by atoms with van der Waals surface area (Å²) in [6.07, 6.45) is 4.90. The molecule has 4 N–H and O–H groups in total. The number of methoxy groups -OCH3 is 1. The number of nitrogens with two attached hydrogens (primary N) is 1. The van der Waals surface area contributed by atoms with Crippen LogP contribution in [-0.4, -0.2) is 22.8 Å². The Labute approximate surface area is 119 Å². The summed E-state index contributed by atoms with van der Waals surface area (Å²) in [7, 11) is 1.60. The Morgan fingerprint density at radius 1 is 1.40 bits per heavy atom. The lowest BCUT2D eigenvalue weighted by Gasteiger charge is -2.02. The summed E-state index contributed by atoms with van der Waals surface area (Å²) in [4.78, 5) is 6.89. The van der Waals surface area contributed by atoms with Gasteiger partial charge in [-0.3, -0.25) is 0 Å². The molecule has 5 heteroatoms. The maximum absolute atomic E-state index is 7.94. The average Bonchev–Trinajstić information content (AvgIpc) is 2.92. The monoisotopic (exact) mass is 272 g/mol. The largest absolute Gasteiger partial charge is 0.497 e. The SMILES string of the molecule is CC.COc1cccc(C(=N)/C=C\c2ncc(N)[nH]2)c1. The number of nitrogens with one attached hydrogen (secondary N) is 2. The first-order valence-electron chi connectivity index (χ1n) is 6.40. The van der Waals surface area contributed by atoms with Crippen LogP contribution in [0.2, 0.25) is 0 Å². The first-order valence-corrected chi connectivity index (χ1v) is 6.40. The fraction of sp³-hybridized carbons (Fsp3) is 0.200. The van der Waals surface area contributed by atoms with Gasteiger partial charge in [0.2, 0.25) is 0 Å². The normalized spacial score (nSPS) is 9.95. The molecule has 0 aliphatic heterocycles. The predicted octanol–water partition coefficient (Wildman–Crippen LogP) is 3.11. The second kappa shape index (κ2) is 7.78. The fourth-order valence-corrected chi connectivity index (χ4v) is 1.49. The Hall–Kier alpha value is -2.56. The van der Waals surface area contributed by atoms with Crippen LogP contribution in [0.3, 0.4) is 0 Å². The van der Waals surface area contributed by atoms with Gasteiger partial charge in [-0.15, -0.1) is 0 Å². The van der Waals surface area contributed by atoms with Crippen LogP contribution in [0.4, 0.5) is 5.82 Å². The van der Waals surface area contributed by atoms with Gasteiger partial charge in [-0.1, -0.05) is 26.0 Å². The second-order valence-electron chi connectivity index (χ2n) is 3.70. The maximum Gasteiger partial charge on any atom is 0.131 e. The summed E-state index contributed by atoms with van der Waals surface area (Å²) in [5.41, 5.74) is 6.67. The van der Waals surface area contributed by atoms with Crippen molar-refractivity contribution in [3.05, 3.63) is 47.9 Å². The zero-order valence-electron chi connectivity index (χ0n) is 12.0. The molecule has 20 heavy (non-hydrogen) atoms. The Bertz CT molecular complexity index is 587. The molecule has 0 saturated heterocycles. The van der Waals surface area contributed by atoms with Gasteiger partial charge in [0.25, 0.3) is 0 Å². The standard InChI is InChI=1S/C13H14N4O.C2H6/c1-18-10-4-2-3-9(7-10)11(14)5-6-13-16-8-12(15)17-13;1-2/h2-8,14H,15H2,1H3,(H,16,17);1-2H3/b6-5-,14-11?;. The maximum atomic E-state index is 7.94. The second-order valence-corrected chi connectivity index (χ2v) is 3.70. The van der Waals surface area contributed by atoms with Crippen LogP contribution < -0.4 is 10.5 Å². The van der Waals surface area contributed by atoms with Crippen LogP contribution in [0.25, 0.3) is 6.08 Å². The number of nitrogen functional groups attached to an aromatic ring is 1. The molecule has 0 fully saturated rings. The molecule has 0 saturated carbocycles. The lowest BCUT2D eigenvalue weighted by molar-refractivity contribution is 0.414. The third kappa shape index (κ3) is 4.28. The summed E-state index contributed by atoms with van der Waals surface area (Å²) in [6.45, 7) is 4.00. The molecular weight excluding hydrogens is 252 g/mol. The van der Waals surface area contributed by atoms with Crippen LogP contribution in [0.15, 0.2) is 36.5 Å². The smallest absolute Gasteiger partial charge is 0.131 e. The van der Waals surface area contributed by atoms with Crippen molar-refractivity contribution < 1.29 is 4.74 Å². The zero-order chi connectivity index (χ0) is 15.0. The number of hydrogen-bond donors (Lipinski definition) is 3. The number of aromatic nitrogens is 2. The molecular formula is C15H20N4O. The van der Waals surface area contributed by atoms with Crippen molar-refractivity contribution >= 4 is 17.6 Å². The molecule has 1 aromatic heterocycles. The van der Waals surface area contributed by atoms with E-state index in [0.29, 0.717) is 17.4 Å². The summed E-state index contributed by atoms with van der Waals surface area (Å²) < 4.78 is 5.12. The first kappa shape index (κ1) is 15.5. The van der Waals surface area contributed by atoms with Crippen LogP contribution in [0.1, 0.15) is 25.2 Å². The molecule has 0 aliphatic carbocycles. The van der Waals surface area contributed by atoms with E-state index < -0.39 is 0 Å². The highest BCUT2D eigenvalue weighted by Gasteiger charge is 2.00. The fourth-order valence-electron chi connectivity index (χ4n) is 1.49. The third-order valence-electron chi connectivity index (χ3n) is 2.40. The molecule has 1 aromatic carbocycles. The van der Waals surface area contributed by atoms with Crippen molar-refractivity contribution in [3.63, 3.8) is 0 Å². The molecule has 0 radical (unpaired) electrons. The highest BCUT2D eigenvalue weighted by atomic mass is 16.5. The van der Waals surface area contributed by atoms with Crippen LogP contribution in [-0.2, 0) is 0 Å². The topological polar surface area (TPSA) is 87.8 Å². The molecule has 0 atom stereocenters. The minimum atomic E-state index is 0.379. The van der Waals surface area contributed by atoms with Crippen molar-refractivity contribution in [1.29, 1.82) is 5.41 Å². The Morgan fingerprint density at radius 3 is 2.75 bits per heavy atom. The van der Waals surface area contributed by atoms with Gasteiger partial charge in [0.05, 0.1) is 19.0 Å². The molecule has 0 bridgehead atoms. The van der Waals surface area contributed by atoms with Crippen LogP contribution in [0, 0.1) is 5.41 Å². The Kier molecular flexibility index (Phi) is 6.03. The van der Waals surface area contributed by atoms with Crippen molar-refractivity contribution in [1.82, 2.24) is 9.97 Å². The number of imidazole rings is 1. The third-order valence-corrected chi connectivity index (χ3v) is 2.40. The van der Waals surface area contributed by atoms with Gasteiger partial charge in [-0.05, 0) is 24.3 Å². The molecule has 0 amide bonds. The highest BCUT2D eigenvalue weighted by Crippen LogP contribution is 2.13. The molecule has 106 valence electrons. The summed E-state index contributed by atoms with van der Waals surface area (Å²) in [5, 5.41) is 7.94. The van der Waals surface area contributed by atoms with Gasteiger partial charge in [0, 0.05) is 5.56 Å². The number of benzene rings is 1. The van der Waals surface area contributed by atoms with Crippen LogP contribution in [0.5, 0.6) is 5.75 Å². The quantitative estimate of drug-likeness (QED) is 0.747. The number of allylic oxidation sites excluding steroid dienone is 1. The van der Waals surface area contributed by atoms with Crippen molar-refractivity contribution in [2.75, 3.05) is 12.8 Å². The minimum absolute atomic E-state index is 0.379. The Balaban J connectivity index is 0.000000956. The van der Waals surface area contributed by atoms with E-state index >= 15 is 0 Å². The Morgan fingerprint density at radius 2 is 2.15 bits per heavy atom. The van der Waals surface area contributed by atoms with Gasteiger partial charge in [-0.25, -0.2) is 4.98 Å². The van der Waals surface area contributed by atoms with E-state index in [1.807, 2.05) is 38.1 Å². The van der Waals surface area contributed by atoms with Gasteiger partial charge in [0.15, 0.2) is 0 Å². The molecule has 1 heterocycles. The van der Waals surface area contributed by atoms with Gasteiger partial charge >= 0.3 is 0 Å². The number of aromatic amines is 1. The number of anilines is 1. The first-order chi connectivity index (χ1) is 9.69. The number of H-pyrrole nitrogens is 1. The number of hydrogen-bond acceptors (Lipinski definition) is 4. The average molecular weight is 272 g/mol. The number of ether oxygens (including phenoxy) is 1. The summed E-state index contributed by atoms with van der Waals surface area (Å²) in [6, 6.07) is 7.35. The van der Waals surface area contributed by atoms with E-state index in [1.54, 1.807) is 19.3 Å². The van der Waals surface area contributed by atoms with Gasteiger partial charge in [0.1, 0.15) is 17.4 Å². The molecule has 2 rings (SSSR count).